The number of aryl methyl sites for hydroxylation is 2. The van der Waals surface area contributed by atoms with Crippen molar-refractivity contribution in [2.45, 2.75) is 12.3 Å². The highest BCUT2D eigenvalue weighted by Crippen LogP contribution is 2.47. The van der Waals surface area contributed by atoms with E-state index >= 15 is 0 Å². The topological polar surface area (TPSA) is 77.6 Å². The van der Waals surface area contributed by atoms with Gasteiger partial charge >= 0.3 is 0 Å². The van der Waals surface area contributed by atoms with E-state index in [1.807, 2.05) is 43.1 Å². The minimum absolute atomic E-state index is 0.0129. The molecule has 1 aliphatic carbocycles. The Hall–Kier alpha value is -2.96. The largest absolute Gasteiger partial charge is 0.333 e. The van der Waals surface area contributed by atoms with Gasteiger partial charge in [0.2, 0.25) is 5.91 Å². The van der Waals surface area contributed by atoms with E-state index in [1.54, 1.807) is 23.3 Å². The molecule has 3 aromatic heterocycles. The number of carbonyl (C=O) groups excluding carboxylic acids is 1. The van der Waals surface area contributed by atoms with E-state index in [-0.39, 0.29) is 17.7 Å². The fourth-order valence-corrected chi connectivity index (χ4v) is 2.99. The summed E-state index contributed by atoms with van der Waals surface area (Å²) in [7, 11) is 3.73. The van der Waals surface area contributed by atoms with Gasteiger partial charge in [-0.2, -0.15) is 5.10 Å². The van der Waals surface area contributed by atoms with E-state index in [9.17, 15) is 4.79 Å². The smallest absolute Gasteiger partial charge is 0.229 e. The van der Waals surface area contributed by atoms with E-state index in [0.29, 0.717) is 5.82 Å². The van der Waals surface area contributed by atoms with Crippen LogP contribution in [0.5, 0.6) is 0 Å². The number of anilines is 1. The van der Waals surface area contributed by atoms with Crippen LogP contribution in [0.1, 0.15) is 17.9 Å². The Morgan fingerprint density at radius 2 is 2.04 bits per heavy atom. The SMILES string of the molecule is Cn1ccnc1-c1cc(NC(=O)[C@@H]2C[C@H]2c2ccncc2)n(C)n1. The van der Waals surface area contributed by atoms with Crippen molar-refractivity contribution in [3.05, 3.63) is 48.5 Å². The fourth-order valence-electron chi connectivity index (χ4n) is 2.99. The van der Waals surface area contributed by atoms with Crippen molar-refractivity contribution in [3.8, 4) is 11.5 Å². The van der Waals surface area contributed by atoms with Gasteiger partial charge in [-0.05, 0) is 30.0 Å². The molecule has 24 heavy (non-hydrogen) atoms. The van der Waals surface area contributed by atoms with Crippen LogP contribution in [-0.2, 0) is 18.9 Å². The molecule has 0 bridgehead atoms. The summed E-state index contributed by atoms with van der Waals surface area (Å²) in [5, 5.41) is 7.42. The number of hydrogen-bond acceptors (Lipinski definition) is 4. The van der Waals surface area contributed by atoms with Gasteiger partial charge < -0.3 is 9.88 Å². The van der Waals surface area contributed by atoms with E-state index in [1.165, 1.54) is 5.56 Å². The molecule has 3 heterocycles. The quantitative estimate of drug-likeness (QED) is 0.796. The monoisotopic (exact) mass is 322 g/mol. The molecular weight excluding hydrogens is 304 g/mol. The molecule has 1 saturated carbocycles. The lowest BCUT2D eigenvalue weighted by atomic mass is 10.1. The van der Waals surface area contributed by atoms with E-state index in [0.717, 1.165) is 17.9 Å². The van der Waals surface area contributed by atoms with Gasteiger partial charge in [0.05, 0.1) is 0 Å². The van der Waals surface area contributed by atoms with Crippen LogP contribution >= 0.6 is 0 Å². The Morgan fingerprint density at radius 3 is 2.75 bits per heavy atom. The molecule has 0 unspecified atom stereocenters. The minimum Gasteiger partial charge on any atom is -0.333 e. The molecule has 0 aliphatic heterocycles. The highest BCUT2D eigenvalue weighted by Gasteiger charge is 2.44. The standard InChI is InChI=1S/C17H18N6O/c1-22-8-7-19-16(22)14-10-15(23(2)21-14)20-17(24)13-9-12(13)11-3-5-18-6-4-11/h3-8,10,12-13H,9H2,1-2H3,(H,20,24)/t12-,13+/m0/s1. The van der Waals surface area contributed by atoms with Crippen LogP contribution in [0.25, 0.3) is 11.5 Å². The van der Waals surface area contributed by atoms with Crippen molar-refractivity contribution >= 4 is 11.7 Å². The van der Waals surface area contributed by atoms with Crippen molar-refractivity contribution in [2.75, 3.05) is 5.32 Å². The van der Waals surface area contributed by atoms with E-state index in [2.05, 4.69) is 20.4 Å². The molecule has 1 N–H and O–H groups in total. The van der Waals surface area contributed by atoms with Crippen molar-refractivity contribution < 1.29 is 4.79 Å². The van der Waals surface area contributed by atoms with Gasteiger partial charge in [0.15, 0.2) is 5.82 Å². The summed E-state index contributed by atoms with van der Waals surface area (Å²) >= 11 is 0. The number of imidazole rings is 1. The zero-order valence-electron chi connectivity index (χ0n) is 13.5. The first-order chi connectivity index (χ1) is 11.6. The molecule has 3 aromatic rings. The van der Waals surface area contributed by atoms with E-state index < -0.39 is 0 Å². The number of amides is 1. The van der Waals surface area contributed by atoms with Crippen LogP contribution < -0.4 is 5.32 Å². The number of nitrogens with one attached hydrogen (secondary N) is 1. The number of nitrogens with zero attached hydrogens (tertiary/aromatic N) is 5. The Bertz CT molecular complexity index is 882. The molecule has 122 valence electrons. The number of aromatic nitrogens is 5. The predicted octanol–water partition coefficient (Wildman–Crippen LogP) is 1.96. The molecule has 0 radical (unpaired) electrons. The lowest BCUT2D eigenvalue weighted by Crippen LogP contribution is -2.16. The number of carbonyl (C=O) groups is 1. The van der Waals surface area contributed by atoms with Crippen LogP contribution in [0, 0.1) is 5.92 Å². The molecule has 2 atom stereocenters. The van der Waals surface area contributed by atoms with Crippen molar-refractivity contribution in [3.63, 3.8) is 0 Å². The minimum atomic E-state index is 0.0129. The number of pyridine rings is 1. The maximum Gasteiger partial charge on any atom is 0.229 e. The lowest BCUT2D eigenvalue weighted by Gasteiger charge is -2.04. The second-order valence-corrected chi connectivity index (χ2v) is 6.12. The zero-order chi connectivity index (χ0) is 16.7. The summed E-state index contributed by atoms with van der Waals surface area (Å²) in [6.07, 6.45) is 8.00. The van der Waals surface area contributed by atoms with Crippen LogP contribution in [0.15, 0.2) is 43.0 Å². The molecular formula is C17H18N6O. The molecule has 7 nitrogen and oxygen atoms in total. The van der Waals surface area contributed by atoms with Crippen LogP contribution in [0.2, 0.25) is 0 Å². The Kier molecular flexibility index (Phi) is 3.41. The second-order valence-electron chi connectivity index (χ2n) is 6.12. The first kappa shape index (κ1) is 14.6. The van der Waals surface area contributed by atoms with Crippen LogP contribution in [-0.4, -0.2) is 30.2 Å². The fraction of sp³-hybridized carbons (Fsp3) is 0.294. The molecule has 1 amide bonds. The van der Waals surface area contributed by atoms with E-state index in [4.69, 9.17) is 0 Å². The van der Waals surface area contributed by atoms with Gasteiger partial charge in [-0.3, -0.25) is 14.5 Å². The summed E-state index contributed by atoms with van der Waals surface area (Å²) in [4.78, 5) is 20.8. The first-order valence-electron chi connectivity index (χ1n) is 7.86. The molecule has 1 fully saturated rings. The molecule has 0 spiro atoms. The highest BCUT2D eigenvalue weighted by atomic mass is 16.2. The summed E-state index contributed by atoms with van der Waals surface area (Å²) in [6.45, 7) is 0. The zero-order valence-corrected chi connectivity index (χ0v) is 13.5. The Morgan fingerprint density at radius 1 is 1.25 bits per heavy atom. The van der Waals surface area contributed by atoms with Crippen molar-refractivity contribution in [1.29, 1.82) is 0 Å². The summed E-state index contributed by atoms with van der Waals surface area (Å²) in [5.74, 6) is 1.78. The molecule has 7 heteroatoms. The van der Waals surface area contributed by atoms with Gasteiger partial charge in [0, 0.05) is 50.9 Å². The Balaban J connectivity index is 1.48. The summed E-state index contributed by atoms with van der Waals surface area (Å²) in [6, 6.07) is 5.80. The molecule has 0 aromatic carbocycles. The number of hydrogen-bond donors (Lipinski definition) is 1. The van der Waals surface area contributed by atoms with Gasteiger partial charge in [0.1, 0.15) is 11.5 Å². The first-order valence-corrected chi connectivity index (χ1v) is 7.86. The third kappa shape index (κ3) is 2.58. The normalized spacial score (nSPS) is 19.2. The number of rotatable bonds is 4. The average Bonchev–Trinajstić information content (AvgIpc) is 3.16. The van der Waals surface area contributed by atoms with Gasteiger partial charge in [-0.15, -0.1) is 0 Å². The summed E-state index contributed by atoms with van der Waals surface area (Å²) < 4.78 is 3.57. The Labute approximate surface area is 139 Å². The van der Waals surface area contributed by atoms with Crippen LogP contribution in [0.4, 0.5) is 5.82 Å². The average molecular weight is 322 g/mol. The van der Waals surface area contributed by atoms with Gasteiger partial charge in [0.25, 0.3) is 0 Å². The van der Waals surface area contributed by atoms with Crippen LogP contribution in [0.3, 0.4) is 0 Å². The maximum absolute atomic E-state index is 12.5. The second kappa shape index (κ2) is 5.59. The highest BCUT2D eigenvalue weighted by molar-refractivity contribution is 5.95. The van der Waals surface area contributed by atoms with Crippen molar-refractivity contribution in [2.24, 2.45) is 20.0 Å². The third-order valence-electron chi connectivity index (χ3n) is 4.44. The maximum atomic E-state index is 12.5. The predicted molar refractivity (Wildman–Crippen MR) is 89.1 cm³/mol. The summed E-state index contributed by atoms with van der Waals surface area (Å²) in [5.41, 5.74) is 1.91. The third-order valence-corrected chi connectivity index (χ3v) is 4.44. The molecule has 4 rings (SSSR count). The van der Waals surface area contributed by atoms with Crippen molar-refractivity contribution in [1.82, 2.24) is 24.3 Å². The van der Waals surface area contributed by atoms with Gasteiger partial charge in [-0.25, -0.2) is 4.98 Å². The lowest BCUT2D eigenvalue weighted by molar-refractivity contribution is -0.117. The molecule has 0 saturated heterocycles. The molecule has 1 aliphatic rings. The van der Waals surface area contributed by atoms with Gasteiger partial charge in [-0.1, -0.05) is 0 Å².